The van der Waals surface area contributed by atoms with Gasteiger partial charge in [0.2, 0.25) is 5.91 Å². The molecule has 1 aromatic rings. The lowest BCUT2D eigenvalue weighted by molar-refractivity contribution is -0.118. The van der Waals surface area contributed by atoms with E-state index in [1.54, 1.807) is 20.0 Å². The molecule has 4 heteroatoms. The van der Waals surface area contributed by atoms with Crippen LogP contribution < -0.4 is 10.2 Å². The molecule has 3 nitrogen and oxygen atoms in total. The van der Waals surface area contributed by atoms with Crippen molar-refractivity contribution in [3.05, 3.63) is 24.0 Å². The van der Waals surface area contributed by atoms with Crippen molar-refractivity contribution >= 4 is 17.3 Å². The van der Waals surface area contributed by atoms with Crippen molar-refractivity contribution in [3.8, 4) is 0 Å². The molecular formula is C10H11FN2O. The van der Waals surface area contributed by atoms with Gasteiger partial charge in [-0.3, -0.25) is 4.79 Å². The average Bonchev–Trinajstić information content (AvgIpc) is 2.16. The average molecular weight is 194 g/mol. The molecule has 1 atom stereocenters. The van der Waals surface area contributed by atoms with Crippen molar-refractivity contribution in [3.63, 3.8) is 0 Å². The number of hydrogen-bond donors (Lipinski definition) is 1. The zero-order valence-electron chi connectivity index (χ0n) is 8.04. The Labute approximate surface area is 81.5 Å². The topological polar surface area (TPSA) is 32.3 Å². The summed E-state index contributed by atoms with van der Waals surface area (Å²) >= 11 is 0. The van der Waals surface area contributed by atoms with Crippen LogP contribution in [0.15, 0.2) is 18.2 Å². The monoisotopic (exact) mass is 194 g/mol. The smallest absolute Gasteiger partial charge is 0.248 e. The molecule has 0 fully saturated rings. The number of likely N-dealkylation sites (N-methyl/N-ethyl adjacent to an activating group) is 1. The molecule has 1 aromatic carbocycles. The number of benzene rings is 1. The molecule has 1 heterocycles. The van der Waals surface area contributed by atoms with Crippen molar-refractivity contribution in [2.24, 2.45) is 0 Å². The molecular weight excluding hydrogens is 183 g/mol. The number of fused-ring (bicyclic) bond motifs is 1. The molecule has 1 aliphatic heterocycles. The van der Waals surface area contributed by atoms with Crippen LogP contribution in [0.1, 0.15) is 6.92 Å². The van der Waals surface area contributed by atoms with Gasteiger partial charge in [-0.2, -0.15) is 0 Å². The lowest BCUT2D eigenvalue weighted by Gasteiger charge is -2.31. The highest BCUT2D eigenvalue weighted by atomic mass is 19.1. The van der Waals surface area contributed by atoms with Gasteiger partial charge in [-0.1, -0.05) is 0 Å². The minimum atomic E-state index is -0.334. The summed E-state index contributed by atoms with van der Waals surface area (Å²) in [6.45, 7) is 1.78. The van der Waals surface area contributed by atoms with Crippen LogP contribution >= 0.6 is 0 Å². The SMILES string of the molecule is CC1Nc2ccc(F)cc2N(C)C1=O. The van der Waals surface area contributed by atoms with Crippen LogP contribution in [0.25, 0.3) is 0 Å². The van der Waals surface area contributed by atoms with Crippen molar-refractivity contribution in [2.45, 2.75) is 13.0 Å². The molecule has 0 spiro atoms. The Hall–Kier alpha value is -1.58. The maximum absolute atomic E-state index is 12.9. The Morgan fingerprint density at radius 3 is 2.93 bits per heavy atom. The molecule has 1 N–H and O–H groups in total. The van der Waals surface area contributed by atoms with Gasteiger partial charge in [0, 0.05) is 7.05 Å². The molecule has 0 bridgehead atoms. The highest BCUT2D eigenvalue weighted by Gasteiger charge is 2.26. The lowest BCUT2D eigenvalue weighted by atomic mass is 10.1. The third kappa shape index (κ3) is 1.23. The zero-order chi connectivity index (χ0) is 10.3. The second-order valence-electron chi connectivity index (χ2n) is 3.42. The zero-order valence-corrected chi connectivity index (χ0v) is 8.04. The summed E-state index contributed by atoms with van der Waals surface area (Å²) in [6, 6.07) is 4.12. The first-order valence-electron chi connectivity index (χ1n) is 4.43. The van der Waals surface area contributed by atoms with Crippen LogP contribution in [0.2, 0.25) is 0 Å². The van der Waals surface area contributed by atoms with Gasteiger partial charge in [0.05, 0.1) is 11.4 Å². The first-order valence-corrected chi connectivity index (χ1v) is 4.43. The van der Waals surface area contributed by atoms with Gasteiger partial charge in [-0.05, 0) is 25.1 Å². The Morgan fingerprint density at radius 1 is 1.50 bits per heavy atom. The van der Waals surface area contributed by atoms with Crippen LogP contribution in [0.3, 0.4) is 0 Å². The van der Waals surface area contributed by atoms with Gasteiger partial charge >= 0.3 is 0 Å². The van der Waals surface area contributed by atoms with E-state index in [2.05, 4.69) is 5.32 Å². The van der Waals surface area contributed by atoms with Gasteiger partial charge < -0.3 is 10.2 Å². The second-order valence-corrected chi connectivity index (χ2v) is 3.42. The fraction of sp³-hybridized carbons (Fsp3) is 0.300. The van der Waals surface area contributed by atoms with Crippen molar-refractivity contribution in [2.75, 3.05) is 17.3 Å². The van der Waals surface area contributed by atoms with E-state index < -0.39 is 0 Å². The standard InChI is InChI=1S/C10H11FN2O/c1-6-10(14)13(2)9-5-7(11)3-4-8(9)12-6/h3-6,12H,1-2H3. The van der Waals surface area contributed by atoms with Crippen molar-refractivity contribution in [1.82, 2.24) is 0 Å². The number of carbonyl (C=O) groups is 1. The molecule has 14 heavy (non-hydrogen) atoms. The highest BCUT2D eigenvalue weighted by molar-refractivity contribution is 6.04. The predicted octanol–water partition coefficient (Wildman–Crippen LogP) is 1.60. The van der Waals surface area contributed by atoms with E-state index in [0.29, 0.717) is 5.69 Å². The van der Waals surface area contributed by atoms with Crippen LogP contribution in [-0.2, 0) is 4.79 Å². The Morgan fingerprint density at radius 2 is 2.21 bits per heavy atom. The van der Waals surface area contributed by atoms with Gasteiger partial charge in [0.1, 0.15) is 11.9 Å². The Bertz CT molecular complexity index is 392. The van der Waals surface area contributed by atoms with Crippen LogP contribution in [0.5, 0.6) is 0 Å². The van der Waals surface area contributed by atoms with E-state index in [1.165, 1.54) is 17.0 Å². The normalized spacial score (nSPS) is 20.4. The minimum Gasteiger partial charge on any atom is -0.372 e. The van der Waals surface area contributed by atoms with Gasteiger partial charge in [-0.15, -0.1) is 0 Å². The van der Waals surface area contributed by atoms with E-state index in [1.807, 2.05) is 0 Å². The molecule has 1 unspecified atom stereocenters. The van der Waals surface area contributed by atoms with Crippen molar-refractivity contribution < 1.29 is 9.18 Å². The van der Waals surface area contributed by atoms with Crippen LogP contribution in [0, 0.1) is 5.82 Å². The van der Waals surface area contributed by atoms with Gasteiger partial charge in [0.25, 0.3) is 0 Å². The van der Waals surface area contributed by atoms with E-state index in [-0.39, 0.29) is 17.8 Å². The number of nitrogens with zero attached hydrogens (tertiary/aromatic N) is 1. The fourth-order valence-electron chi connectivity index (χ4n) is 1.61. The number of anilines is 2. The summed E-state index contributed by atoms with van der Waals surface area (Å²) in [7, 11) is 1.65. The number of amides is 1. The third-order valence-corrected chi connectivity index (χ3v) is 2.39. The van der Waals surface area contributed by atoms with Gasteiger partial charge in [-0.25, -0.2) is 4.39 Å². The van der Waals surface area contributed by atoms with E-state index >= 15 is 0 Å². The molecule has 74 valence electrons. The molecule has 0 aromatic heterocycles. The van der Waals surface area contributed by atoms with E-state index in [4.69, 9.17) is 0 Å². The molecule has 1 amide bonds. The summed E-state index contributed by atoms with van der Waals surface area (Å²) in [5, 5.41) is 3.01. The summed E-state index contributed by atoms with van der Waals surface area (Å²) in [5.41, 5.74) is 1.38. The molecule has 2 rings (SSSR count). The number of carbonyl (C=O) groups excluding carboxylic acids is 1. The second kappa shape index (κ2) is 2.97. The summed E-state index contributed by atoms with van der Waals surface area (Å²) in [4.78, 5) is 13.0. The molecule has 0 aliphatic carbocycles. The number of nitrogens with one attached hydrogen (secondary N) is 1. The van der Waals surface area contributed by atoms with Crippen LogP contribution in [0.4, 0.5) is 15.8 Å². The number of hydrogen-bond acceptors (Lipinski definition) is 2. The lowest BCUT2D eigenvalue weighted by Crippen LogP contribution is -2.43. The third-order valence-electron chi connectivity index (χ3n) is 2.39. The van der Waals surface area contributed by atoms with Gasteiger partial charge in [0.15, 0.2) is 0 Å². The Balaban J connectivity index is 2.51. The molecule has 0 saturated carbocycles. The predicted molar refractivity (Wildman–Crippen MR) is 52.9 cm³/mol. The maximum atomic E-state index is 12.9. The first-order chi connectivity index (χ1) is 6.59. The van der Waals surface area contributed by atoms with E-state index in [9.17, 15) is 9.18 Å². The summed E-state index contributed by atoms with van der Waals surface area (Å²) in [5.74, 6) is -0.386. The quantitative estimate of drug-likeness (QED) is 0.680. The maximum Gasteiger partial charge on any atom is 0.248 e. The largest absolute Gasteiger partial charge is 0.372 e. The summed E-state index contributed by atoms with van der Waals surface area (Å²) < 4.78 is 12.9. The minimum absolute atomic E-state index is 0.0527. The summed E-state index contributed by atoms with van der Waals surface area (Å²) in [6.07, 6.45) is 0. The van der Waals surface area contributed by atoms with E-state index in [0.717, 1.165) is 5.69 Å². The van der Waals surface area contributed by atoms with Crippen molar-refractivity contribution in [1.29, 1.82) is 0 Å². The molecule has 0 saturated heterocycles. The fourth-order valence-corrected chi connectivity index (χ4v) is 1.61. The molecule has 0 radical (unpaired) electrons. The number of halogens is 1. The first kappa shape index (κ1) is 8.99. The molecule has 1 aliphatic rings. The number of rotatable bonds is 0. The Kier molecular flexibility index (Phi) is 1.91. The van der Waals surface area contributed by atoms with Crippen LogP contribution in [-0.4, -0.2) is 19.0 Å². The highest BCUT2D eigenvalue weighted by Crippen LogP contribution is 2.30.